The number of Topliss-reactive ketones (excluding diaryl/α,β-unsaturated/α-hetero) is 1. The largest absolute Gasteiger partial charge is 0.394 e. The topological polar surface area (TPSA) is 40.5 Å². The van der Waals surface area contributed by atoms with E-state index in [0.29, 0.717) is 15.6 Å². The summed E-state index contributed by atoms with van der Waals surface area (Å²) in [6.45, 7) is 3.94. The second-order valence-corrected chi connectivity index (χ2v) is 5.69. The number of carbonyl (C=O) groups is 1. The predicted octanol–water partition coefficient (Wildman–Crippen LogP) is 2.88. The summed E-state index contributed by atoms with van der Waals surface area (Å²) in [5.41, 5.74) is 0.0799. The van der Waals surface area contributed by atoms with Gasteiger partial charge in [-0.1, -0.05) is 23.2 Å². The first-order valence-corrected chi connectivity index (χ1v) is 6.34. The molecule has 100 valence electrons. The molecule has 1 aromatic rings. The number of nitrogens with zero attached hydrogens (tertiary/aromatic N) is 1. The van der Waals surface area contributed by atoms with Gasteiger partial charge in [0, 0.05) is 11.1 Å². The molecule has 18 heavy (non-hydrogen) atoms. The Bertz CT molecular complexity index is 447. The first kappa shape index (κ1) is 15.4. The molecule has 1 rings (SSSR count). The van der Waals surface area contributed by atoms with Crippen LogP contribution in [0.1, 0.15) is 24.2 Å². The van der Waals surface area contributed by atoms with Gasteiger partial charge in [-0.15, -0.1) is 0 Å². The summed E-state index contributed by atoms with van der Waals surface area (Å²) in [6.07, 6.45) is 0. The third-order valence-corrected chi connectivity index (χ3v) is 3.78. The van der Waals surface area contributed by atoms with E-state index in [-0.39, 0.29) is 18.9 Å². The molecule has 0 radical (unpaired) electrons. The van der Waals surface area contributed by atoms with Crippen molar-refractivity contribution in [3.63, 3.8) is 0 Å². The second-order valence-electron chi connectivity index (χ2n) is 4.88. The van der Waals surface area contributed by atoms with Crippen molar-refractivity contribution in [1.82, 2.24) is 4.90 Å². The normalized spacial score (nSPS) is 11.9. The van der Waals surface area contributed by atoms with Crippen molar-refractivity contribution in [3.05, 3.63) is 33.8 Å². The molecular formula is C13H17Cl2NO2. The number of carbonyl (C=O) groups excluding carboxylic acids is 1. The van der Waals surface area contributed by atoms with Crippen molar-refractivity contribution in [2.45, 2.75) is 19.4 Å². The molecule has 0 saturated heterocycles. The van der Waals surface area contributed by atoms with E-state index in [1.165, 1.54) is 0 Å². The van der Waals surface area contributed by atoms with Crippen LogP contribution < -0.4 is 0 Å². The van der Waals surface area contributed by atoms with E-state index in [9.17, 15) is 9.90 Å². The summed E-state index contributed by atoms with van der Waals surface area (Å²) in [6, 6.07) is 4.82. The minimum atomic E-state index is -0.439. The number of ketones is 1. The lowest BCUT2D eigenvalue weighted by Gasteiger charge is -2.33. The highest BCUT2D eigenvalue weighted by molar-refractivity contribution is 6.42. The summed E-state index contributed by atoms with van der Waals surface area (Å²) in [5, 5.41) is 10.0. The van der Waals surface area contributed by atoms with Crippen LogP contribution in [0, 0.1) is 0 Å². The Morgan fingerprint density at radius 2 is 1.94 bits per heavy atom. The van der Waals surface area contributed by atoms with E-state index in [2.05, 4.69) is 0 Å². The number of benzene rings is 1. The van der Waals surface area contributed by atoms with E-state index in [0.717, 1.165) is 0 Å². The molecule has 0 aliphatic heterocycles. The third-order valence-electron chi connectivity index (χ3n) is 3.04. The fourth-order valence-corrected chi connectivity index (χ4v) is 1.61. The Hall–Kier alpha value is -0.610. The van der Waals surface area contributed by atoms with Gasteiger partial charge in [0.1, 0.15) is 0 Å². The van der Waals surface area contributed by atoms with Crippen molar-refractivity contribution >= 4 is 29.0 Å². The molecule has 0 atom stereocenters. The molecule has 5 heteroatoms. The maximum absolute atomic E-state index is 12.1. The molecular weight excluding hydrogens is 273 g/mol. The van der Waals surface area contributed by atoms with Gasteiger partial charge >= 0.3 is 0 Å². The molecule has 0 spiro atoms. The van der Waals surface area contributed by atoms with Crippen molar-refractivity contribution in [2.75, 3.05) is 20.2 Å². The number of hydrogen-bond donors (Lipinski definition) is 1. The molecule has 1 N–H and O–H groups in total. The standard InChI is InChI=1S/C13H17Cl2NO2/c1-13(2,8-17)16(3)7-12(18)9-4-5-10(14)11(15)6-9/h4-6,17H,7-8H2,1-3H3. The summed E-state index contributed by atoms with van der Waals surface area (Å²) in [5.74, 6) is -0.0578. The van der Waals surface area contributed by atoms with Crippen molar-refractivity contribution in [1.29, 1.82) is 0 Å². The first-order valence-electron chi connectivity index (χ1n) is 5.58. The second kappa shape index (κ2) is 6.02. The van der Waals surface area contributed by atoms with Crippen LogP contribution in [0.3, 0.4) is 0 Å². The van der Waals surface area contributed by atoms with Crippen LogP contribution in [0.5, 0.6) is 0 Å². The number of aliphatic hydroxyl groups excluding tert-OH is 1. The van der Waals surface area contributed by atoms with E-state index >= 15 is 0 Å². The van der Waals surface area contributed by atoms with Gasteiger partial charge in [0.25, 0.3) is 0 Å². The van der Waals surface area contributed by atoms with Crippen LogP contribution in [0.2, 0.25) is 10.0 Å². The Labute approximate surface area is 117 Å². The van der Waals surface area contributed by atoms with Gasteiger partial charge in [0.2, 0.25) is 0 Å². The number of halogens is 2. The Kier molecular flexibility index (Phi) is 5.17. The SMILES string of the molecule is CN(CC(=O)c1ccc(Cl)c(Cl)c1)C(C)(C)CO. The molecule has 0 bridgehead atoms. The Balaban J connectivity index is 2.80. The van der Waals surface area contributed by atoms with Crippen LogP contribution in [0.25, 0.3) is 0 Å². The lowest BCUT2D eigenvalue weighted by molar-refractivity contribution is 0.0659. The van der Waals surface area contributed by atoms with Crippen LogP contribution in [0.4, 0.5) is 0 Å². The Morgan fingerprint density at radius 3 is 2.44 bits per heavy atom. The highest BCUT2D eigenvalue weighted by atomic mass is 35.5. The fourth-order valence-electron chi connectivity index (χ4n) is 1.31. The minimum absolute atomic E-state index is 0.0157. The quantitative estimate of drug-likeness (QED) is 0.848. The number of hydrogen-bond acceptors (Lipinski definition) is 3. The fraction of sp³-hybridized carbons (Fsp3) is 0.462. The van der Waals surface area contributed by atoms with Crippen molar-refractivity contribution < 1.29 is 9.90 Å². The molecule has 0 aliphatic rings. The van der Waals surface area contributed by atoms with E-state index in [1.807, 2.05) is 13.8 Å². The van der Waals surface area contributed by atoms with Crippen LogP contribution in [-0.4, -0.2) is 41.5 Å². The van der Waals surface area contributed by atoms with Crippen molar-refractivity contribution in [3.8, 4) is 0 Å². The molecule has 0 fully saturated rings. The highest BCUT2D eigenvalue weighted by Crippen LogP contribution is 2.23. The van der Waals surface area contributed by atoms with Gasteiger partial charge in [-0.25, -0.2) is 0 Å². The average Bonchev–Trinajstić information content (AvgIpc) is 2.32. The third kappa shape index (κ3) is 3.69. The molecule has 3 nitrogen and oxygen atoms in total. The Morgan fingerprint density at radius 1 is 1.33 bits per heavy atom. The van der Waals surface area contributed by atoms with Gasteiger partial charge < -0.3 is 5.11 Å². The van der Waals surface area contributed by atoms with Gasteiger partial charge in [-0.2, -0.15) is 0 Å². The molecule has 0 aromatic heterocycles. The van der Waals surface area contributed by atoms with Crippen LogP contribution in [-0.2, 0) is 0 Å². The lowest BCUT2D eigenvalue weighted by atomic mass is 10.0. The van der Waals surface area contributed by atoms with Gasteiger partial charge in [0.05, 0.1) is 23.2 Å². The maximum Gasteiger partial charge on any atom is 0.176 e. The zero-order valence-corrected chi connectivity index (χ0v) is 12.2. The lowest BCUT2D eigenvalue weighted by Crippen LogP contribution is -2.46. The van der Waals surface area contributed by atoms with Gasteiger partial charge in [-0.05, 0) is 39.1 Å². The summed E-state index contributed by atoms with van der Waals surface area (Å²) in [7, 11) is 1.80. The van der Waals surface area contributed by atoms with E-state index in [4.69, 9.17) is 23.2 Å². The summed E-state index contributed by atoms with van der Waals surface area (Å²) < 4.78 is 0. The minimum Gasteiger partial charge on any atom is -0.394 e. The smallest absolute Gasteiger partial charge is 0.176 e. The van der Waals surface area contributed by atoms with E-state index in [1.54, 1.807) is 30.1 Å². The number of likely N-dealkylation sites (N-methyl/N-ethyl adjacent to an activating group) is 1. The summed E-state index contributed by atoms with van der Waals surface area (Å²) in [4.78, 5) is 13.9. The molecule has 1 aromatic carbocycles. The zero-order valence-electron chi connectivity index (χ0n) is 10.7. The van der Waals surface area contributed by atoms with Crippen LogP contribution >= 0.6 is 23.2 Å². The average molecular weight is 290 g/mol. The number of aliphatic hydroxyl groups is 1. The molecule has 0 amide bonds. The predicted molar refractivity (Wildman–Crippen MR) is 74.6 cm³/mol. The highest BCUT2D eigenvalue weighted by Gasteiger charge is 2.24. The first-order chi connectivity index (χ1) is 8.27. The molecule has 0 heterocycles. The zero-order chi connectivity index (χ0) is 13.9. The van der Waals surface area contributed by atoms with Crippen LogP contribution in [0.15, 0.2) is 18.2 Å². The van der Waals surface area contributed by atoms with Gasteiger partial charge in [0.15, 0.2) is 5.78 Å². The summed E-state index contributed by atoms with van der Waals surface area (Å²) >= 11 is 11.7. The molecule has 0 unspecified atom stereocenters. The van der Waals surface area contributed by atoms with E-state index < -0.39 is 5.54 Å². The molecule has 0 aliphatic carbocycles. The molecule has 0 saturated carbocycles. The van der Waals surface area contributed by atoms with Gasteiger partial charge in [-0.3, -0.25) is 9.69 Å². The van der Waals surface area contributed by atoms with Crippen molar-refractivity contribution in [2.24, 2.45) is 0 Å². The maximum atomic E-state index is 12.1. The number of rotatable bonds is 5. The monoisotopic (exact) mass is 289 g/mol.